The number of aryl methyl sites for hydroxylation is 2. The van der Waals surface area contributed by atoms with Crippen LogP contribution < -0.4 is 0 Å². The molecule has 2 heterocycles. The molecule has 0 unspecified atom stereocenters. The molecule has 0 atom stereocenters. The predicted molar refractivity (Wildman–Crippen MR) is 68.6 cm³/mol. The number of aliphatic hydroxyl groups excluding tert-OH is 1. The molecule has 5 heteroatoms. The highest BCUT2D eigenvalue weighted by molar-refractivity contribution is 7.14. The van der Waals surface area contributed by atoms with Crippen molar-refractivity contribution in [1.82, 2.24) is 14.8 Å². The molecule has 0 bridgehead atoms. The Bertz CT molecular complexity index is 464. The van der Waals surface area contributed by atoms with Gasteiger partial charge >= 0.3 is 0 Å². The van der Waals surface area contributed by atoms with Gasteiger partial charge in [0.25, 0.3) is 0 Å². The highest BCUT2D eigenvalue weighted by Gasteiger charge is 2.05. The van der Waals surface area contributed by atoms with E-state index in [-0.39, 0.29) is 6.61 Å². The SMILES string of the molecule is CCc1cnc(-n2cc(CCCCO)cn2)s1. The van der Waals surface area contributed by atoms with E-state index in [1.165, 1.54) is 10.4 Å². The van der Waals surface area contributed by atoms with Crippen molar-refractivity contribution in [1.29, 1.82) is 0 Å². The van der Waals surface area contributed by atoms with E-state index in [1.54, 1.807) is 11.3 Å². The van der Waals surface area contributed by atoms with Crippen LogP contribution in [0.2, 0.25) is 0 Å². The smallest absolute Gasteiger partial charge is 0.210 e. The van der Waals surface area contributed by atoms with E-state index in [4.69, 9.17) is 5.11 Å². The lowest BCUT2D eigenvalue weighted by molar-refractivity contribution is 0.284. The third-order valence-electron chi connectivity index (χ3n) is 2.60. The number of hydrogen-bond acceptors (Lipinski definition) is 4. The average Bonchev–Trinajstić information content (AvgIpc) is 2.97. The number of aromatic nitrogens is 3. The molecule has 0 amide bonds. The number of rotatable bonds is 6. The van der Waals surface area contributed by atoms with Crippen LogP contribution in [-0.4, -0.2) is 26.5 Å². The summed E-state index contributed by atoms with van der Waals surface area (Å²) in [6.45, 7) is 2.39. The Labute approximate surface area is 105 Å². The number of aliphatic hydroxyl groups is 1. The monoisotopic (exact) mass is 251 g/mol. The summed E-state index contributed by atoms with van der Waals surface area (Å²) >= 11 is 1.68. The second kappa shape index (κ2) is 5.93. The van der Waals surface area contributed by atoms with Gasteiger partial charge in [-0.15, -0.1) is 0 Å². The van der Waals surface area contributed by atoms with E-state index in [0.717, 1.165) is 30.8 Å². The van der Waals surface area contributed by atoms with E-state index in [9.17, 15) is 0 Å². The van der Waals surface area contributed by atoms with Gasteiger partial charge in [0.2, 0.25) is 5.13 Å². The van der Waals surface area contributed by atoms with Crippen molar-refractivity contribution < 1.29 is 5.11 Å². The Morgan fingerprint density at radius 3 is 2.94 bits per heavy atom. The standard InChI is InChI=1S/C12H17N3OS/c1-2-11-8-13-12(17-11)15-9-10(7-14-15)5-3-4-6-16/h7-9,16H,2-6H2,1H3. The molecule has 1 N–H and O–H groups in total. The summed E-state index contributed by atoms with van der Waals surface area (Å²) in [5, 5.41) is 14.0. The molecule has 0 fully saturated rings. The molecule has 2 rings (SSSR count). The van der Waals surface area contributed by atoms with Crippen LogP contribution in [0.3, 0.4) is 0 Å². The van der Waals surface area contributed by atoms with Crippen molar-refractivity contribution in [2.45, 2.75) is 32.6 Å². The van der Waals surface area contributed by atoms with E-state index >= 15 is 0 Å². The van der Waals surface area contributed by atoms with Gasteiger partial charge in [0.15, 0.2) is 0 Å². The molecule has 0 spiro atoms. The van der Waals surface area contributed by atoms with Gasteiger partial charge in [-0.3, -0.25) is 0 Å². The lowest BCUT2D eigenvalue weighted by atomic mass is 10.2. The number of thiazole rings is 1. The summed E-state index contributed by atoms with van der Waals surface area (Å²) in [6, 6.07) is 0. The van der Waals surface area contributed by atoms with Crippen molar-refractivity contribution in [3.8, 4) is 5.13 Å². The highest BCUT2D eigenvalue weighted by Crippen LogP contribution is 2.17. The van der Waals surface area contributed by atoms with E-state index in [2.05, 4.69) is 17.0 Å². The molecular formula is C12H17N3OS. The first kappa shape index (κ1) is 12.3. The molecule has 0 radical (unpaired) electrons. The third-order valence-corrected chi connectivity index (χ3v) is 3.73. The van der Waals surface area contributed by atoms with E-state index < -0.39 is 0 Å². The van der Waals surface area contributed by atoms with Crippen LogP contribution in [0.4, 0.5) is 0 Å². The maximum Gasteiger partial charge on any atom is 0.210 e. The Morgan fingerprint density at radius 2 is 2.24 bits per heavy atom. The number of nitrogens with zero attached hydrogens (tertiary/aromatic N) is 3. The summed E-state index contributed by atoms with van der Waals surface area (Å²) in [7, 11) is 0. The van der Waals surface area contributed by atoms with Crippen molar-refractivity contribution in [3.63, 3.8) is 0 Å². The lowest BCUT2D eigenvalue weighted by Crippen LogP contribution is -1.92. The van der Waals surface area contributed by atoms with Gasteiger partial charge in [-0.1, -0.05) is 18.3 Å². The Morgan fingerprint density at radius 1 is 1.35 bits per heavy atom. The molecule has 0 saturated carbocycles. The third kappa shape index (κ3) is 3.14. The van der Waals surface area contributed by atoms with Crippen molar-refractivity contribution in [2.75, 3.05) is 6.61 Å². The largest absolute Gasteiger partial charge is 0.396 e. The predicted octanol–water partition coefficient (Wildman–Crippen LogP) is 2.21. The lowest BCUT2D eigenvalue weighted by Gasteiger charge is -1.95. The van der Waals surface area contributed by atoms with Crippen LogP contribution in [0.25, 0.3) is 5.13 Å². The van der Waals surface area contributed by atoms with Crippen molar-refractivity contribution in [2.24, 2.45) is 0 Å². The Hall–Kier alpha value is -1.20. The first-order chi connectivity index (χ1) is 8.33. The van der Waals surface area contributed by atoms with Gasteiger partial charge in [-0.2, -0.15) is 5.10 Å². The van der Waals surface area contributed by atoms with Gasteiger partial charge in [-0.25, -0.2) is 9.67 Å². The number of unbranched alkanes of at least 4 members (excludes halogenated alkanes) is 1. The average molecular weight is 251 g/mol. The van der Waals surface area contributed by atoms with Gasteiger partial charge in [0.1, 0.15) is 0 Å². The summed E-state index contributed by atoms with van der Waals surface area (Å²) in [5.74, 6) is 0. The fraction of sp³-hybridized carbons (Fsp3) is 0.500. The summed E-state index contributed by atoms with van der Waals surface area (Å²) < 4.78 is 1.83. The second-order valence-electron chi connectivity index (χ2n) is 3.94. The first-order valence-corrected chi connectivity index (χ1v) is 6.74. The molecule has 2 aromatic rings. The van der Waals surface area contributed by atoms with Crippen LogP contribution in [0.1, 0.15) is 30.2 Å². The minimum Gasteiger partial charge on any atom is -0.396 e. The molecule has 0 aliphatic heterocycles. The summed E-state index contributed by atoms with van der Waals surface area (Å²) in [4.78, 5) is 5.62. The zero-order chi connectivity index (χ0) is 12.1. The summed E-state index contributed by atoms with van der Waals surface area (Å²) in [5.41, 5.74) is 1.20. The van der Waals surface area contributed by atoms with Crippen molar-refractivity contribution in [3.05, 3.63) is 29.0 Å². The molecule has 17 heavy (non-hydrogen) atoms. The maximum absolute atomic E-state index is 8.73. The van der Waals surface area contributed by atoms with Gasteiger partial charge in [0, 0.05) is 23.9 Å². The van der Waals surface area contributed by atoms with Crippen LogP contribution in [0.15, 0.2) is 18.6 Å². The Kier molecular flexibility index (Phi) is 4.28. The van der Waals surface area contributed by atoms with Crippen LogP contribution in [0, 0.1) is 0 Å². The zero-order valence-corrected chi connectivity index (χ0v) is 10.8. The zero-order valence-electron chi connectivity index (χ0n) is 9.96. The number of hydrogen-bond donors (Lipinski definition) is 1. The topological polar surface area (TPSA) is 50.9 Å². The quantitative estimate of drug-likeness (QED) is 0.801. The fourth-order valence-corrected chi connectivity index (χ4v) is 2.38. The van der Waals surface area contributed by atoms with Gasteiger partial charge in [0.05, 0.1) is 6.20 Å². The summed E-state index contributed by atoms with van der Waals surface area (Å²) in [6.07, 6.45) is 9.64. The molecule has 2 aromatic heterocycles. The van der Waals surface area contributed by atoms with Crippen LogP contribution >= 0.6 is 11.3 Å². The molecule has 4 nitrogen and oxygen atoms in total. The van der Waals surface area contributed by atoms with Crippen LogP contribution in [0.5, 0.6) is 0 Å². The normalized spacial score (nSPS) is 10.9. The van der Waals surface area contributed by atoms with E-state index in [1.807, 2.05) is 23.3 Å². The minimum absolute atomic E-state index is 0.264. The molecule has 92 valence electrons. The Balaban J connectivity index is 2.02. The minimum atomic E-state index is 0.264. The molecule has 0 aliphatic carbocycles. The molecule has 0 aliphatic rings. The van der Waals surface area contributed by atoms with E-state index in [0.29, 0.717) is 0 Å². The maximum atomic E-state index is 8.73. The fourth-order valence-electron chi connectivity index (χ4n) is 1.60. The van der Waals surface area contributed by atoms with Gasteiger partial charge < -0.3 is 5.11 Å². The second-order valence-corrected chi connectivity index (χ2v) is 5.03. The van der Waals surface area contributed by atoms with Crippen molar-refractivity contribution >= 4 is 11.3 Å². The molecular weight excluding hydrogens is 234 g/mol. The highest BCUT2D eigenvalue weighted by atomic mass is 32.1. The molecule has 0 saturated heterocycles. The first-order valence-electron chi connectivity index (χ1n) is 5.93. The van der Waals surface area contributed by atoms with Crippen LogP contribution in [-0.2, 0) is 12.8 Å². The molecule has 0 aromatic carbocycles. The van der Waals surface area contributed by atoms with Gasteiger partial charge in [-0.05, 0) is 31.2 Å².